The van der Waals surface area contributed by atoms with Crippen LogP contribution in [0, 0.1) is 17.7 Å². The monoisotopic (exact) mass is 268 g/mol. The van der Waals surface area contributed by atoms with Crippen molar-refractivity contribution in [3.63, 3.8) is 0 Å². The molecule has 0 radical (unpaired) electrons. The minimum absolute atomic E-state index is 0.238. The molecule has 0 unspecified atom stereocenters. The van der Waals surface area contributed by atoms with Gasteiger partial charge in [-0.3, -0.25) is 0 Å². The highest BCUT2D eigenvalue weighted by Crippen LogP contribution is 2.23. The van der Waals surface area contributed by atoms with Crippen LogP contribution in [0.5, 0.6) is 0 Å². The minimum atomic E-state index is -0.238. The Morgan fingerprint density at radius 3 is 2.75 bits per heavy atom. The average molecular weight is 268 g/mol. The summed E-state index contributed by atoms with van der Waals surface area (Å²) >= 11 is 0. The van der Waals surface area contributed by atoms with Crippen molar-refractivity contribution in [1.29, 1.82) is 0 Å². The summed E-state index contributed by atoms with van der Waals surface area (Å²) in [4.78, 5) is 4.46. The molecule has 20 heavy (non-hydrogen) atoms. The van der Waals surface area contributed by atoms with E-state index in [1.165, 1.54) is 12.1 Å². The number of halogens is 1. The van der Waals surface area contributed by atoms with Crippen LogP contribution >= 0.6 is 0 Å². The van der Waals surface area contributed by atoms with Crippen molar-refractivity contribution >= 4 is 0 Å². The molecular formula is C17H17FN2. The summed E-state index contributed by atoms with van der Waals surface area (Å²) in [5, 5.41) is 0. The number of benzene rings is 1. The number of allylic oxidation sites excluding steroid dienone is 1. The van der Waals surface area contributed by atoms with Gasteiger partial charge in [-0.2, -0.15) is 0 Å². The van der Waals surface area contributed by atoms with E-state index in [2.05, 4.69) is 23.4 Å². The van der Waals surface area contributed by atoms with Gasteiger partial charge in [0.1, 0.15) is 5.82 Å². The predicted molar refractivity (Wildman–Crippen MR) is 79.6 cm³/mol. The first-order valence-corrected chi connectivity index (χ1v) is 6.56. The lowest BCUT2D eigenvalue weighted by Gasteiger charge is -2.07. The summed E-state index contributed by atoms with van der Waals surface area (Å²) in [5.41, 5.74) is 2.93. The first-order valence-electron chi connectivity index (χ1n) is 6.56. The smallest absolute Gasteiger partial charge is 0.123 e. The van der Waals surface area contributed by atoms with E-state index < -0.39 is 0 Å². The van der Waals surface area contributed by atoms with E-state index in [1.807, 2.05) is 17.6 Å². The molecule has 1 heterocycles. The Kier molecular flexibility index (Phi) is 4.73. The molecule has 0 bridgehead atoms. The largest absolute Gasteiger partial charge is 0.322 e. The van der Waals surface area contributed by atoms with Crippen LogP contribution in [0.2, 0.25) is 0 Å². The van der Waals surface area contributed by atoms with Gasteiger partial charge in [0.05, 0.1) is 18.6 Å². The van der Waals surface area contributed by atoms with Gasteiger partial charge in [0, 0.05) is 11.3 Å². The maximum absolute atomic E-state index is 13.0. The Balaban J connectivity index is 2.39. The summed E-state index contributed by atoms with van der Waals surface area (Å²) in [6.45, 7) is 6.20. The second-order valence-electron chi connectivity index (χ2n) is 4.43. The van der Waals surface area contributed by atoms with E-state index in [1.54, 1.807) is 18.5 Å². The molecule has 0 fully saturated rings. The molecule has 0 aliphatic heterocycles. The molecule has 3 heteroatoms. The standard InChI is InChI=1S/C17H17FN2/c1-3-5-7-16-17(14-8-10-15(18)11-9-14)19-13-20(16)12-6-4-2/h3,8-11,13H,1,5,7,12H2,2H3. The molecule has 2 nitrogen and oxygen atoms in total. The van der Waals surface area contributed by atoms with E-state index in [-0.39, 0.29) is 5.82 Å². The van der Waals surface area contributed by atoms with Crippen LogP contribution in [0.25, 0.3) is 11.3 Å². The van der Waals surface area contributed by atoms with Gasteiger partial charge >= 0.3 is 0 Å². The maximum Gasteiger partial charge on any atom is 0.123 e. The highest BCUT2D eigenvalue weighted by Gasteiger charge is 2.11. The van der Waals surface area contributed by atoms with Gasteiger partial charge in [0.15, 0.2) is 0 Å². The third-order valence-electron chi connectivity index (χ3n) is 3.08. The van der Waals surface area contributed by atoms with Gasteiger partial charge in [-0.1, -0.05) is 12.0 Å². The molecule has 0 aliphatic carbocycles. The minimum Gasteiger partial charge on any atom is -0.322 e. The topological polar surface area (TPSA) is 17.8 Å². The van der Waals surface area contributed by atoms with Gasteiger partial charge in [0.2, 0.25) is 0 Å². The lowest BCUT2D eigenvalue weighted by molar-refractivity contribution is 0.628. The molecule has 0 amide bonds. The summed E-state index contributed by atoms with van der Waals surface area (Å²) in [6.07, 6.45) is 5.40. The predicted octanol–water partition coefficient (Wildman–Crippen LogP) is 3.83. The first kappa shape index (κ1) is 14.1. The number of hydrogen-bond acceptors (Lipinski definition) is 1. The van der Waals surface area contributed by atoms with Crippen molar-refractivity contribution in [2.45, 2.75) is 26.3 Å². The van der Waals surface area contributed by atoms with Gasteiger partial charge in [-0.05, 0) is 44.0 Å². The van der Waals surface area contributed by atoms with E-state index in [9.17, 15) is 4.39 Å². The Labute approximate surface area is 119 Å². The fraction of sp³-hybridized carbons (Fsp3) is 0.235. The lowest BCUT2D eigenvalue weighted by Crippen LogP contribution is -2.01. The van der Waals surface area contributed by atoms with Gasteiger partial charge in [-0.25, -0.2) is 9.37 Å². The van der Waals surface area contributed by atoms with Crippen molar-refractivity contribution in [2.75, 3.05) is 0 Å². The number of aromatic nitrogens is 2. The molecule has 1 aromatic heterocycles. The summed E-state index contributed by atoms with van der Waals surface area (Å²) in [6, 6.07) is 6.42. The molecule has 102 valence electrons. The Morgan fingerprint density at radius 2 is 2.10 bits per heavy atom. The van der Waals surface area contributed by atoms with Crippen LogP contribution in [-0.4, -0.2) is 9.55 Å². The molecule has 0 saturated carbocycles. The molecule has 2 rings (SSSR count). The Hall–Kier alpha value is -2.34. The second-order valence-corrected chi connectivity index (χ2v) is 4.43. The van der Waals surface area contributed by atoms with E-state index in [4.69, 9.17) is 0 Å². The molecular weight excluding hydrogens is 251 g/mol. The zero-order valence-corrected chi connectivity index (χ0v) is 11.6. The molecule has 0 aliphatic rings. The molecule has 0 spiro atoms. The van der Waals surface area contributed by atoms with E-state index in [0.29, 0.717) is 6.54 Å². The number of hydrogen-bond donors (Lipinski definition) is 0. The highest BCUT2D eigenvalue weighted by atomic mass is 19.1. The number of imidazole rings is 1. The lowest BCUT2D eigenvalue weighted by atomic mass is 10.1. The second kappa shape index (κ2) is 6.72. The molecule has 2 aromatic rings. The van der Waals surface area contributed by atoms with Crippen molar-refractivity contribution in [1.82, 2.24) is 9.55 Å². The number of nitrogens with zero attached hydrogens (tertiary/aromatic N) is 2. The Bertz CT molecular complexity index is 642. The third-order valence-corrected chi connectivity index (χ3v) is 3.08. The zero-order valence-electron chi connectivity index (χ0n) is 11.6. The van der Waals surface area contributed by atoms with Gasteiger partial charge in [-0.15, -0.1) is 12.5 Å². The van der Waals surface area contributed by atoms with E-state index >= 15 is 0 Å². The molecule has 1 aromatic carbocycles. The van der Waals surface area contributed by atoms with Crippen molar-refractivity contribution < 1.29 is 4.39 Å². The highest BCUT2D eigenvalue weighted by molar-refractivity contribution is 5.62. The quantitative estimate of drug-likeness (QED) is 0.595. The van der Waals surface area contributed by atoms with Crippen LogP contribution in [0.1, 0.15) is 19.0 Å². The fourth-order valence-electron chi connectivity index (χ4n) is 2.06. The molecule has 0 atom stereocenters. The average Bonchev–Trinajstić information content (AvgIpc) is 2.86. The summed E-state index contributed by atoms with van der Waals surface area (Å²) in [5.74, 6) is 5.69. The number of rotatable bonds is 5. The maximum atomic E-state index is 13.0. The van der Waals surface area contributed by atoms with Crippen molar-refractivity contribution in [3.05, 3.63) is 54.8 Å². The van der Waals surface area contributed by atoms with Crippen LogP contribution < -0.4 is 0 Å². The third kappa shape index (κ3) is 3.16. The van der Waals surface area contributed by atoms with Crippen LogP contribution in [0.3, 0.4) is 0 Å². The van der Waals surface area contributed by atoms with Crippen molar-refractivity contribution in [3.8, 4) is 23.1 Å². The van der Waals surface area contributed by atoms with Crippen LogP contribution in [0.4, 0.5) is 4.39 Å². The zero-order chi connectivity index (χ0) is 14.4. The Morgan fingerprint density at radius 1 is 1.35 bits per heavy atom. The van der Waals surface area contributed by atoms with Gasteiger partial charge in [0.25, 0.3) is 0 Å². The summed E-state index contributed by atoms with van der Waals surface area (Å²) in [7, 11) is 0. The van der Waals surface area contributed by atoms with Gasteiger partial charge < -0.3 is 4.57 Å². The first-order chi connectivity index (χ1) is 9.76. The SMILES string of the molecule is C=CCCc1c(-c2ccc(F)cc2)ncn1CC#CC. The van der Waals surface area contributed by atoms with Crippen LogP contribution in [0.15, 0.2) is 43.2 Å². The summed E-state index contributed by atoms with van der Waals surface area (Å²) < 4.78 is 15.1. The fourth-order valence-corrected chi connectivity index (χ4v) is 2.06. The van der Waals surface area contributed by atoms with Crippen molar-refractivity contribution in [2.24, 2.45) is 0 Å². The van der Waals surface area contributed by atoms with Crippen LogP contribution in [-0.2, 0) is 13.0 Å². The van der Waals surface area contributed by atoms with E-state index in [0.717, 1.165) is 29.8 Å². The molecule has 0 N–H and O–H groups in total. The normalized spacial score (nSPS) is 9.90. The molecule has 0 saturated heterocycles.